The van der Waals surface area contributed by atoms with Gasteiger partial charge in [-0.05, 0) is 37.1 Å². The smallest absolute Gasteiger partial charge is 0.323 e. The Balaban J connectivity index is 1.32. The Morgan fingerprint density at radius 3 is 2.84 bits per heavy atom. The van der Waals surface area contributed by atoms with Gasteiger partial charge in [0.2, 0.25) is 0 Å². The van der Waals surface area contributed by atoms with Gasteiger partial charge < -0.3 is 15.1 Å². The zero-order chi connectivity index (χ0) is 22.0. The third kappa shape index (κ3) is 5.15. The molecular formula is C22H26F3N5O. The molecule has 2 atom stereocenters. The number of hydrogen-bond donors (Lipinski definition) is 1. The van der Waals surface area contributed by atoms with Crippen molar-refractivity contribution in [1.29, 1.82) is 0 Å². The Morgan fingerprint density at radius 1 is 1.26 bits per heavy atom. The van der Waals surface area contributed by atoms with Crippen LogP contribution in [-0.2, 0) is 25.6 Å². The van der Waals surface area contributed by atoms with Crippen molar-refractivity contribution in [3.63, 3.8) is 0 Å². The van der Waals surface area contributed by atoms with E-state index in [-0.39, 0.29) is 24.7 Å². The van der Waals surface area contributed by atoms with Gasteiger partial charge in [0, 0.05) is 74.9 Å². The van der Waals surface area contributed by atoms with Gasteiger partial charge >= 0.3 is 12.2 Å². The molecule has 4 heterocycles. The Morgan fingerprint density at radius 2 is 2.10 bits per heavy atom. The number of rotatable bonds is 4. The minimum absolute atomic E-state index is 0.121. The summed E-state index contributed by atoms with van der Waals surface area (Å²) in [6.07, 6.45) is 0.344. The lowest BCUT2D eigenvalue weighted by Gasteiger charge is -2.32. The number of alkyl halides is 3. The molecule has 166 valence electrons. The molecule has 2 aliphatic heterocycles. The van der Waals surface area contributed by atoms with E-state index in [1.807, 2.05) is 18.2 Å². The molecule has 2 unspecified atom stereocenters. The van der Waals surface area contributed by atoms with Gasteiger partial charge in [-0.15, -0.1) is 0 Å². The molecule has 2 aromatic rings. The first-order valence-corrected chi connectivity index (χ1v) is 10.5. The summed E-state index contributed by atoms with van der Waals surface area (Å²) in [6.45, 7) is 3.96. The third-order valence-corrected chi connectivity index (χ3v) is 5.86. The molecule has 2 aromatic heterocycles. The van der Waals surface area contributed by atoms with Gasteiger partial charge in [0.15, 0.2) is 0 Å². The van der Waals surface area contributed by atoms with Crippen molar-refractivity contribution in [2.45, 2.75) is 51.0 Å². The standard InChI is InChI=1S/C22H26F3N5O/c1-15(10-18-4-2-3-7-26-18)28-19-5-8-30(14-19)21(31)29-9-6-20-16(13-29)11-17(12-27-20)22(23,24)25/h2-4,7,11-12,15,19,28H,5-6,8-10,13-14H2,1H3. The van der Waals surface area contributed by atoms with Crippen LogP contribution in [0.1, 0.15) is 35.9 Å². The van der Waals surface area contributed by atoms with Gasteiger partial charge in [0.1, 0.15) is 0 Å². The highest BCUT2D eigenvalue weighted by Gasteiger charge is 2.34. The number of halogens is 3. The van der Waals surface area contributed by atoms with Crippen LogP contribution in [0.4, 0.5) is 18.0 Å². The maximum atomic E-state index is 13.0. The van der Waals surface area contributed by atoms with Gasteiger partial charge in [-0.2, -0.15) is 13.2 Å². The van der Waals surface area contributed by atoms with Gasteiger partial charge in [-0.25, -0.2) is 4.79 Å². The summed E-state index contributed by atoms with van der Waals surface area (Å²) in [5.74, 6) is 0. The predicted octanol–water partition coefficient (Wildman–Crippen LogP) is 3.27. The van der Waals surface area contributed by atoms with Crippen LogP contribution in [0.3, 0.4) is 0 Å². The Bertz CT molecular complexity index is 921. The first-order chi connectivity index (χ1) is 14.8. The number of fused-ring (bicyclic) bond motifs is 1. The fourth-order valence-corrected chi connectivity index (χ4v) is 4.31. The molecule has 2 aliphatic rings. The summed E-state index contributed by atoms with van der Waals surface area (Å²) in [5, 5.41) is 3.57. The first kappa shape index (κ1) is 21.5. The highest BCUT2D eigenvalue weighted by molar-refractivity contribution is 5.75. The number of hydrogen-bond acceptors (Lipinski definition) is 4. The van der Waals surface area contributed by atoms with Crippen LogP contribution in [0.5, 0.6) is 0 Å². The molecule has 0 aliphatic carbocycles. The summed E-state index contributed by atoms with van der Waals surface area (Å²) in [7, 11) is 0. The number of nitrogens with one attached hydrogen (secondary N) is 1. The fraction of sp³-hybridized carbons (Fsp3) is 0.500. The largest absolute Gasteiger partial charge is 0.417 e. The number of aromatic nitrogens is 2. The number of urea groups is 1. The molecule has 4 rings (SSSR count). The lowest BCUT2D eigenvalue weighted by Crippen LogP contribution is -2.46. The molecule has 1 fully saturated rings. The third-order valence-electron chi connectivity index (χ3n) is 5.86. The van der Waals surface area contributed by atoms with Crippen LogP contribution in [0.25, 0.3) is 0 Å². The number of nitrogens with zero attached hydrogens (tertiary/aromatic N) is 4. The number of carbonyl (C=O) groups excluding carboxylic acids is 1. The molecule has 0 aromatic carbocycles. The number of pyridine rings is 2. The number of carbonyl (C=O) groups is 1. The molecule has 0 radical (unpaired) electrons. The molecule has 1 N–H and O–H groups in total. The van der Waals surface area contributed by atoms with Gasteiger partial charge in [-0.3, -0.25) is 9.97 Å². The van der Waals surface area contributed by atoms with Crippen molar-refractivity contribution < 1.29 is 18.0 Å². The maximum Gasteiger partial charge on any atom is 0.417 e. The van der Waals surface area contributed by atoms with Crippen LogP contribution in [0.15, 0.2) is 36.7 Å². The van der Waals surface area contributed by atoms with Gasteiger partial charge in [0.05, 0.1) is 5.56 Å². The van der Waals surface area contributed by atoms with Crippen LogP contribution < -0.4 is 5.32 Å². The second kappa shape index (κ2) is 8.82. The lowest BCUT2D eigenvalue weighted by molar-refractivity contribution is -0.137. The van der Waals surface area contributed by atoms with Crippen molar-refractivity contribution >= 4 is 6.03 Å². The summed E-state index contributed by atoms with van der Waals surface area (Å²) in [5.41, 5.74) is 1.37. The summed E-state index contributed by atoms with van der Waals surface area (Å²) >= 11 is 0. The molecule has 31 heavy (non-hydrogen) atoms. The molecule has 0 saturated carbocycles. The predicted molar refractivity (Wildman–Crippen MR) is 109 cm³/mol. The second-order valence-electron chi connectivity index (χ2n) is 8.31. The van der Waals surface area contributed by atoms with Gasteiger partial charge in [0.25, 0.3) is 0 Å². The zero-order valence-corrected chi connectivity index (χ0v) is 17.4. The zero-order valence-electron chi connectivity index (χ0n) is 17.4. The second-order valence-corrected chi connectivity index (χ2v) is 8.31. The highest BCUT2D eigenvalue weighted by Crippen LogP contribution is 2.31. The summed E-state index contributed by atoms with van der Waals surface area (Å²) in [4.78, 5) is 24.7. The minimum atomic E-state index is -4.44. The van der Waals surface area contributed by atoms with E-state index in [0.29, 0.717) is 37.3 Å². The minimum Gasteiger partial charge on any atom is -0.323 e. The van der Waals surface area contributed by atoms with Crippen molar-refractivity contribution in [2.24, 2.45) is 0 Å². The Kier molecular flexibility index (Phi) is 6.13. The Hall–Kier alpha value is -2.68. The van der Waals surface area contributed by atoms with Crippen LogP contribution >= 0.6 is 0 Å². The molecule has 0 spiro atoms. The normalized spacial score (nSPS) is 19.9. The molecule has 1 saturated heterocycles. The molecule has 6 nitrogen and oxygen atoms in total. The molecular weight excluding hydrogens is 407 g/mol. The average Bonchev–Trinajstić information content (AvgIpc) is 3.20. The topological polar surface area (TPSA) is 61.4 Å². The monoisotopic (exact) mass is 433 g/mol. The number of amides is 2. The maximum absolute atomic E-state index is 13.0. The number of likely N-dealkylation sites (tertiary alicyclic amines) is 1. The molecule has 2 amide bonds. The van der Waals surface area contributed by atoms with E-state index in [0.717, 1.165) is 30.8 Å². The van der Waals surface area contributed by atoms with Crippen LogP contribution in [-0.4, -0.2) is 57.5 Å². The Labute approximate surface area is 179 Å². The van der Waals surface area contributed by atoms with Crippen LogP contribution in [0.2, 0.25) is 0 Å². The van der Waals surface area contributed by atoms with E-state index in [2.05, 4.69) is 22.2 Å². The average molecular weight is 433 g/mol. The lowest BCUT2D eigenvalue weighted by atomic mass is 10.0. The van der Waals surface area contributed by atoms with E-state index in [1.165, 1.54) is 0 Å². The van der Waals surface area contributed by atoms with Crippen molar-refractivity contribution in [3.05, 3.63) is 59.2 Å². The van der Waals surface area contributed by atoms with E-state index >= 15 is 0 Å². The van der Waals surface area contributed by atoms with Gasteiger partial charge in [-0.1, -0.05) is 6.07 Å². The SMILES string of the molecule is CC(Cc1ccccn1)NC1CCN(C(=O)N2CCc3ncc(C(F)(F)F)cc3C2)C1. The molecule has 9 heteroatoms. The van der Waals surface area contributed by atoms with Crippen LogP contribution in [0, 0.1) is 0 Å². The van der Waals surface area contributed by atoms with E-state index < -0.39 is 11.7 Å². The van der Waals surface area contributed by atoms with E-state index in [1.54, 1.807) is 16.0 Å². The van der Waals surface area contributed by atoms with E-state index in [4.69, 9.17) is 0 Å². The van der Waals surface area contributed by atoms with Crippen molar-refractivity contribution in [3.8, 4) is 0 Å². The summed E-state index contributed by atoms with van der Waals surface area (Å²) < 4.78 is 39.0. The fourth-order valence-electron chi connectivity index (χ4n) is 4.31. The highest BCUT2D eigenvalue weighted by atomic mass is 19.4. The van der Waals surface area contributed by atoms with E-state index in [9.17, 15) is 18.0 Å². The van der Waals surface area contributed by atoms with Crippen molar-refractivity contribution in [1.82, 2.24) is 25.1 Å². The van der Waals surface area contributed by atoms with Crippen molar-refractivity contribution in [2.75, 3.05) is 19.6 Å². The quantitative estimate of drug-likeness (QED) is 0.804. The summed E-state index contributed by atoms with van der Waals surface area (Å²) in [6, 6.07) is 7.27. The molecule has 0 bridgehead atoms. The first-order valence-electron chi connectivity index (χ1n) is 10.5.